The van der Waals surface area contributed by atoms with Crippen molar-refractivity contribution in [1.29, 1.82) is 0 Å². The molecule has 1 aromatic rings. The fraction of sp³-hybridized carbons (Fsp3) is 0.562. The van der Waals surface area contributed by atoms with Gasteiger partial charge in [0, 0.05) is 12.1 Å². The van der Waals surface area contributed by atoms with E-state index in [1.165, 1.54) is 0 Å². The summed E-state index contributed by atoms with van der Waals surface area (Å²) >= 11 is 0. The van der Waals surface area contributed by atoms with Crippen LogP contribution in [0.2, 0.25) is 0 Å². The van der Waals surface area contributed by atoms with E-state index in [0.717, 1.165) is 37.5 Å². The van der Waals surface area contributed by atoms with Gasteiger partial charge < -0.3 is 15.4 Å². The number of nitrogens with two attached hydrogens (primary N) is 1. The molecule has 0 heterocycles. The van der Waals surface area contributed by atoms with Crippen LogP contribution in [0.25, 0.3) is 0 Å². The lowest BCUT2D eigenvalue weighted by molar-refractivity contribution is 0.242. The number of hydrogen-bond acceptors (Lipinski definition) is 3. The van der Waals surface area contributed by atoms with Crippen molar-refractivity contribution in [3.8, 4) is 5.75 Å². The van der Waals surface area contributed by atoms with Crippen molar-refractivity contribution >= 4 is 18.2 Å². The smallest absolute Gasteiger partial charge is 0.125 e. The Hall–Kier alpha value is -1.26. The Kier molecular flexibility index (Phi) is 9.84. The van der Waals surface area contributed by atoms with Crippen LogP contribution in [-0.2, 0) is 0 Å². The van der Waals surface area contributed by atoms with Crippen LogP contribution in [0.5, 0.6) is 5.75 Å². The summed E-state index contributed by atoms with van der Waals surface area (Å²) < 4.78 is 5.60. The molecule has 0 atom stereocenters. The molecule has 0 spiro atoms. The third-order valence-electron chi connectivity index (χ3n) is 3.11. The van der Waals surface area contributed by atoms with E-state index in [9.17, 15) is 0 Å². The van der Waals surface area contributed by atoms with Gasteiger partial charge in [-0.25, -0.2) is 0 Å². The lowest BCUT2D eigenvalue weighted by Gasteiger charge is -2.16. The van der Waals surface area contributed by atoms with Crippen molar-refractivity contribution in [2.75, 3.05) is 26.2 Å². The average Bonchev–Trinajstić information content (AvgIpc) is 2.43. The summed E-state index contributed by atoms with van der Waals surface area (Å²) in [5.74, 6) is 1.45. The van der Waals surface area contributed by atoms with Crippen molar-refractivity contribution in [2.45, 2.75) is 33.8 Å². The predicted octanol–water partition coefficient (Wildman–Crippen LogP) is 2.94. The predicted molar refractivity (Wildman–Crippen MR) is 92.8 cm³/mol. The largest absolute Gasteiger partial charge is 0.491 e. The van der Waals surface area contributed by atoms with Crippen molar-refractivity contribution in [3.05, 3.63) is 29.8 Å². The second-order valence-corrected chi connectivity index (χ2v) is 4.98. The molecule has 21 heavy (non-hydrogen) atoms. The molecule has 0 amide bonds. The zero-order valence-electron chi connectivity index (χ0n) is 13.5. The minimum absolute atomic E-state index is 0. The summed E-state index contributed by atoms with van der Waals surface area (Å²) in [4.78, 5) is 6.76. The molecule has 2 N–H and O–H groups in total. The van der Waals surface area contributed by atoms with Gasteiger partial charge >= 0.3 is 0 Å². The maximum atomic E-state index is 6.01. The van der Waals surface area contributed by atoms with Crippen LogP contribution in [0.15, 0.2) is 29.3 Å². The zero-order chi connectivity index (χ0) is 15.0. The van der Waals surface area contributed by atoms with Gasteiger partial charge in [-0.15, -0.1) is 12.4 Å². The molecule has 0 aliphatic rings. The lowest BCUT2D eigenvalue weighted by Crippen LogP contribution is -2.26. The van der Waals surface area contributed by atoms with E-state index in [4.69, 9.17) is 10.5 Å². The summed E-state index contributed by atoms with van der Waals surface area (Å²) in [6.45, 7) is 12.1. The maximum Gasteiger partial charge on any atom is 0.125 e. The van der Waals surface area contributed by atoms with E-state index >= 15 is 0 Å². The molecule has 0 fully saturated rings. The lowest BCUT2D eigenvalue weighted by atomic mass is 10.2. The second-order valence-electron chi connectivity index (χ2n) is 4.98. The molecule has 0 saturated carbocycles. The number of halogens is 1. The summed E-state index contributed by atoms with van der Waals surface area (Å²) in [6, 6.07) is 7.77. The highest BCUT2D eigenvalue weighted by molar-refractivity contribution is 5.97. The number of likely N-dealkylation sites (N-methyl/N-ethyl adjacent to an activating group) is 1. The molecular weight excluding hydrogens is 286 g/mol. The molecule has 4 nitrogen and oxygen atoms in total. The zero-order valence-corrected chi connectivity index (χ0v) is 14.3. The fourth-order valence-electron chi connectivity index (χ4n) is 1.92. The molecule has 0 radical (unpaired) electrons. The van der Waals surface area contributed by atoms with E-state index in [1.54, 1.807) is 0 Å². The highest BCUT2D eigenvalue weighted by Crippen LogP contribution is 2.13. The first-order chi connectivity index (χ1) is 9.56. The SMILES string of the molecule is CCN(CC)CCN=C(N)c1ccc(OC(C)C)cc1.Cl. The van der Waals surface area contributed by atoms with Crippen molar-refractivity contribution in [1.82, 2.24) is 4.90 Å². The van der Waals surface area contributed by atoms with Gasteiger partial charge in [0.05, 0.1) is 12.6 Å². The molecule has 0 aromatic heterocycles. The average molecular weight is 314 g/mol. The summed E-state index contributed by atoms with van der Waals surface area (Å²) in [6.07, 6.45) is 0.181. The quantitative estimate of drug-likeness (QED) is 0.593. The van der Waals surface area contributed by atoms with Gasteiger partial charge in [0.15, 0.2) is 0 Å². The maximum absolute atomic E-state index is 6.01. The Morgan fingerprint density at radius 3 is 2.24 bits per heavy atom. The summed E-state index contributed by atoms with van der Waals surface area (Å²) in [5.41, 5.74) is 6.95. The van der Waals surface area contributed by atoms with E-state index in [1.807, 2.05) is 38.1 Å². The highest BCUT2D eigenvalue weighted by atomic mass is 35.5. The molecule has 0 aliphatic heterocycles. The van der Waals surface area contributed by atoms with Crippen LogP contribution < -0.4 is 10.5 Å². The first kappa shape index (κ1) is 19.7. The third kappa shape index (κ3) is 7.34. The molecule has 5 heteroatoms. The molecular formula is C16H28ClN3O. The molecule has 0 saturated heterocycles. The van der Waals surface area contributed by atoms with Gasteiger partial charge in [0.25, 0.3) is 0 Å². The summed E-state index contributed by atoms with van der Waals surface area (Å²) in [7, 11) is 0. The number of benzene rings is 1. The second kappa shape index (κ2) is 10.5. The standard InChI is InChI=1S/C16H27N3O.ClH/c1-5-19(6-2)12-11-18-16(17)14-7-9-15(10-8-14)20-13(3)4;/h7-10,13H,5-6,11-12H2,1-4H3,(H2,17,18);1H. The van der Waals surface area contributed by atoms with Gasteiger partial charge in [-0.1, -0.05) is 13.8 Å². The molecule has 1 rings (SSSR count). The Balaban J connectivity index is 0.00000400. The van der Waals surface area contributed by atoms with E-state index in [2.05, 4.69) is 23.7 Å². The van der Waals surface area contributed by atoms with Crippen LogP contribution >= 0.6 is 12.4 Å². The Morgan fingerprint density at radius 1 is 1.19 bits per heavy atom. The van der Waals surface area contributed by atoms with Crippen molar-refractivity contribution < 1.29 is 4.74 Å². The Morgan fingerprint density at radius 2 is 1.76 bits per heavy atom. The number of rotatable bonds is 8. The highest BCUT2D eigenvalue weighted by Gasteiger charge is 2.02. The molecule has 0 bridgehead atoms. The number of amidine groups is 1. The fourth-order valence-corrected chi connectivity index (χ4v) is 1.92. The van der Waals surface area contributed by atoms with Crippen molar-refractivity contribution in [2.24, 2.45) is 10.7 Å². The van der Waals surface area contributed by atoms with Gasteiger partial charge in [-0.3, -0.25) is 4.99 Å². The first-order valence-electron chi connectivity index (χ1n) is 7.36. The van der Waals surface area contributed by atoms with Crippen LogP contribution in [-0.4, -0.2) is 43.0 Å². The monoisotopic (exact) mass is 313 g/mol. The van der Waals surface area contributed by atoms with Gasteiger partial charge in [0.2, 0.25) is 0 Å². The number of nitrogens with zero attached hydrogens (tertiary/aromatic N) is 2. The molecule has 120 valence electrons. The molecule has 0 unspecified atom stereocenters. The van der Waals surface area contributed by atoms with Gasteiger partial charge in [-0.05, 0) is 51.2 Å². The third-order valence-corrected chi connectivity index (χ3v) is 3.11. The molecule has 0 aliphatic carbocycles. The minimum atomic E-state index is 0. The van der Waals surface area contributed by atoms with Crippen LogP contribution in [0.1, 0.15) is 33.3 Å². The minimum Gasteiger partial charge on any atom is -0.491 e. The van der Waals surface area contributed by atoms with Crippen LogP contribution in [0.3, 0.4) is 0 Å². The Bertz CT molecular complexity index is 414. The van der Waals surface area contributed by atoms with E-state index < -0.39 is 0 Å². The van der Waals surface area contributed by atoms with Crippen LogP contribution in [0.4, 0.5) is 0 Å². The first-order valence-corrected chi connectivity index (χ1v) is 7.36. The number of ether oxygens (including phenoxy) is 1. The van der Waals surface area contributed by atoms with E-state index in [0.29, 0.717) is 5.84 Å². The summed E-state index contributed by atoms with van der Waals surface area (Å²) in [5, 5.41) is 0. The molecule has 1 aromatic carbocycles. The van der Waals surface area contributed by atoms with Gasteiger partial charge in [-0.2, -0.15) is 0 Å². The Labute approximate surface area is 134 Å². The number of aliphatic imine (C=N–C) groups is 1. The van der Waals surface area contributed by atoms with Gasteiger partial charge in [0.1, 0.15) is 11.6 Å². The topological polar surface area (TPSA) is 50.8 Å². The van der Waals surface area contributed by atoms with Crippen molar-refractivity contribution in [3.63, 3.8) is 0 Å². The number of hydrogen-bond donors (Lipinski definition) is 1. The van der Waals surface area contributed by atoms with Crippen LogP contribution in [0, 0.1) is 0 Å². The normalized spacial score (nSPS) is 11.6. The van der Waals surface area contributed by atoms with E-state index in [-0.39, 0.29) is 18.5 Å².